The molecule has 0 saturated heterocycles. The number of pyridine rings is 1. The van der Waals surface area contributed by atoms with Gasteiger partial charge in [-0.2, -0.15) is 0 Å². The Labute approximate surface area is 115 Å². The highest BCUT2D eigenvalue weighted by molar-refractivity contribution is 7.19. The van der Waals surface area contributed by atoms with E-state index in [0.717, 1.165) is 21.3 Å². The molecule has 3 rings (SSSR count). The van der Waals surface area contributed by atoms with E-state index in [2.05, 4.69) is 11.1 Å². The summed E-state index contributed by atoms with van der Waals surface area (Å²) in [7, 11) is 0. The number of rotatable bonds is 2. The molecule has 2 aromatic heterocycles. The highest BCUT2D eigenvalue weighted by atomic mass is 35.5. The summed E-state index contributed by atoms with van der Waals surface area (Å²) in [5.74, 6) is 0.522. The maximum absolute atomic E-state index is 5.90. The molecule has 1 aliphatic rings. The first kappa shape index (κ1) is 12.8. The zero-order chi connectivity index (χ0) is 11.1. The molecule has 2 heterocycles. The van der Waals surface area contributed by atoms with Gasteiger partial charge >= 0.3 is 0 Å². The van der Waals surface area contributed by atoms with Crippen molar-refractivity contribution in [1.82, 2.24) is 4.98 Å². The SMILES string of the molecule is Cl.NC1CC1c1ccc(-c2ccc(Cl)s2)nc1. The van der Waals surface area contributed by atoms with Crippen LogP contribution in [0, 0.1) is 0 Å². The van der Waals surface area contributed by atoms with E-state index >= 15 is 0 Å². The van der Waals surface area contributed by atoms with Crippen molar-refractivity contribution in [1.29, 1.82) is 0 Å². The minimum absolute atomic E-state index is 0. The summed E-state index contributed by atoms with van der Waals surface area (Å²) in [4.78, 5) is 5.56. The van der Waals surface area contributed by atoms with Crippen LogP contribution in [-0.4, -0.2) is 11.0 Å². The molecule has 1 fully saturated rings. The van der Waals surface area contributed by atoms with E-state index in [-0.39, 0.29) is 12.4 Å². The van der Waals surface area contributed by atoms with Gasteiger partial charge in [-0.25, -0.2) is 0 Å². The highest BCUT2D eigenvalue weighted by Gasteiger charge is 2.34. The Morgan fingerprint density at radius 1 is 1.29 bits per heavy atom. The lowest BCUT2D eigenvalue weighted by atomic mass is 10.1. The summed E-state index contributed by atoms with van der Waals surface area (Å²) >= 11 is 7.44. The maximum atomic E-state index is 5.90. The molecule has 0 radical (unpaired) electrons. The summed E-state index contributed by atoms with van der Waals surface area (Å²) in [5, 5.41) is 0. The molecule has 0 amide bonds. The van der Waals surface area contributed by atoms with Crippen LogP contribution in [-0.2, 0) is 0 Å². The third-order valence-electron chi connectivity index (χ3n) is 2.88. The Hall–Kier alpha value is -0.610. The lowest BCUT2D eigenvalue weighted by Crippen LogP contribution is -2.01. The number of hydrogen-bond donors (Lipinski definition) is 1. The van der Waals surface area contributed by atoms with E-state index in [4.69, 9.17) is 17.3 Å². The standard InChI is InChI=1S/C12H11ClN2S.ClH/c13-12-4-3-11(16-12)10-2-1-7(6-15-10)8-5-9(8)14;/h1-4,6,8-9H,5,14H2;1H. The molecule has 0 aromatic carbocycles. The van der Waals surface area contributed by atoms with Gasteiger partial charge in [-0.05, 0) is 30.2 Å². The van der Waals surface area contributed by atoms with E-state index < -0.39 is 0 Å². The average Bonchev–Trinajstić information content (AvgIpc) is 2.86. The molecule has 17 heavy (non-hydrogen) atoms. The molecule has 0 aliphatic heterocycles. The topological polar surface area (TPSA) is 38.9 Å². The second-order valence-electron chi connectivity index (χ2n) is 4.09. The molecule has 2 aromatic rings. The first-order valence-electron chi connectivity index (χ1n) is 5.21. The van der Waals surface area contributed by atoms with Gasteiger partial charge in [0.25, 0.3) is 0 Å². The molecule has 5 heteroatoms. The van der Waals surface area contributed by atoms with Crippen molar-refractivity contribution < 1.29 is 0 Å². The number of hydrogen-bond acceptors (Lipinski definition) is 3. The van der Waals surface area contributed by atoms with Gasteiger partial charge in [0.2, 0.25) is 0 Å². The quantitative estimate of drug-likeness (QED) is 0.914. The van der Waals surface area contributed by atoms with Crippen molar-refractivity contribution in [3.63, 3.8) is 0 Å². The molecule has 1 saturated carbocycles. The van der Waals surface area contributed by atoms with Crippen LogP contribution in [0.15, 0.2) is 30.5 Å². The van der Waals surface area contributed by atoms with Gasteiger partial charge in [0.1, 0.15) is 0 Å². The van der Waals surface area contributed by atoms with E-state index in [1.54, 1.807) is 11.3 Å². The van der Waals surface area contributed by atoms with E-state index in [1.807, 2.05) is 24.4 Å². The Kier molecular flexibility index (Phi) is 3.73. The van der Waals surface area contributed by atoms with Gasteiger partial charge in [0.15, 0.2) is 0 Å². The summed E-state index contributed by atoms with van der Waals surface area (Å²) in [5.41, 5.74) is 8.04. The van der Waals surface area contributed by atoms with Crippen molar-refractivity contribution in [2.75, 3.05) is 0 Å². The lowest BCUT2D eigenvalue weighted by Gasteiger charge is -2.00. The van der Waals surface area contributed by atoms with E-state index in [0.29, 0.717) is 12.0 Å². The van der Waals surface area contributed by atoms with Gasteiger partial charge in [-0.1, -0.05) is 17.7 Å². The van der Waals surface area contributed by atoms with Crippen LogP contribution < -0.4 is 5.73 Å². The van der Waals surface area contributed by atoms with Crippen molar-refractivity contribution in [2.24, 2.45) is 5.73 Å². The van der Waals surface area contributed by atoms with Crippen molar-refractivity contribution in [3.8, 4) is 10.6 Å². The van der Waals surface area contributed by atoms with Crippen LogP contribution in [0.1, 0.15) is 17.9 Å². The molecule has 1 aliphatic carbocycles. The largest absolute Gasteiger partial charge is 0.327 e. The third kappa shape index (κ3) is 2.63. The summed E-state index contributed by atoms with van der Waals surface area (Å²) < 4.78 is 0.796. The Bertz CT molecular complexity index is 509. The van der Waals surface area contributed by atoms with Crippen LogP contribution in [0.2, 0.25) is 4.34 Å². The van der Waals surface area contributed by atoms with E-state index in [1.165, 1.54) is 5.56 Å². The van der Waals surface area contributed by atoms with Crippen LogP contribution in [0.3, 0.4) is 0 Å². The first-order valence-corrected chi connectivity index (χ1v) is 6.41. The number of aromatic nitrogens is 1. The van der Waals surface area contributed by atoms with Gasteiger partial charge in [-0.15, -0.1) is 23.7 Å². The highest BCUT2D eigenvalue weighted by Crippen LogP contribution is 2.39. The number of nitrogens with two attached hydrogens (primary N) is 1. The van der Waals surface area contributed by atoms with E-state index in [9.17, 15) is 0 Å². The van der Waals surface area contributed by atoms with Crippen LogP contribution >= 0.6 is 35.3 Å². The van der Waals surface area contributed by atoms with Gasteiger partial charge in [0.05, 0.1) is 14.9 Å². The summed E-state index contributed by atoms with van der Waals surface area (Å²) in [6.07, 6.45) is 3.02. The Morgan fingerprint density at radius 3 is 2.53 bits per heavy atom. The maximum Gasteiger partial charge on any atom is 0.0935 e. The molecule has 0 spiro atoms. The summed E-state index contributed by atoms with van der Waals surface area (Å²) in [6, 6.07) is 8.39. The fourth-order valence-corrected chi connectivity index (χ4v) is 2.84. The minimum Gasteiger partial charge on any atom is -0.327 e. The molecule has 2 nitrogen and oxygen atoms in total. The number of halogens is 2. The molecule has 2 N–H and O–H groups in total. The normalized spacial score (nSPS) is 22.0. The first-order chi connectivity index (χ1) is 7.74. The zero-order valence-electron chi connectivity index (χ0n) is 8.97. The van der Waals surface area contributed by atoms with Crippen LogP contribution in [0.4, 0.5) is 0 Å². The van der Waals surface area contributed by atoms with Crippen LogP contribution in [0.5, 0.6) is 0 Å². The lowest BCUT2D eigenvalue weighted by molar-refractivity contribution is 0.981. The predicted molar refractivity (Wildman–Crippen MR) is 75.1 cm³/mol. The molecule has 90 valence electrons. The number of nitrogens with zero attached hydrogens (tertiary/aromatic N) is 1. The van der Waals surface area contributed by atoms with Gasteiger partial charge in [0, 0.05) is 18.2 Å². The fraction of sp³-hybridized carbons (Fsp3) is 0.250. The van der Waals surface area contributed by atoms with Crippen LogP contribution in [0.25, 0.3) is 10.6 Å². The van der Waals surface area contributed by atoms with Gasteiger partial charge < -0.3 is 5.73 Å². The zero-order valence-corrected chi connectivity index (χ0v) is 11.4. The van der Waals surface area contributed by atoms with Crippen molar-refractivity contribution in [3.05, 3.63) is 40.4 Å². The van der Waals surface area contributed by atoms with Crippen molar-refractivity contribution in [2.45, 2.75) is 18.4 Å². The monoisotopic (exact) mass is 286 g/mol. The fourth-order valence-electron chi connectivity index (χ4n) is 1.82. The van der Waals surface area contributed by atoms with Gasteiger partial charge in [-0.3, -0.25) is 4.98 Å². The smallest absolute Gasteiger partial charge is 0.0935 e. The Balaban J connectivity index is 0.00000108. The molecule has 2 unspecified atom stereocenters. The molecule has 0 bridgehead atoms. The third-order valence-corrected chi connectivity index (χ3v) is 4.13. The Morgan fingerprint density at radius 2 is 2.06 bits per heavy atom. The second-order valence-corrected chi connectivity index (χ2v) is 5.80. The molecular formula is C12H12Cl2N2S. The minimum atomic E-state index is 0. The molecule has 2 atom stereocenters. The number of thiophene rings is 1. The summed E-state index contributed by atoms with van der Waals surface area (Å²) in [6.45, 7) is 0. The van der Waals surface area contributed by atoms with Crippen molar-refractivity contribution >= 4 is 35.3 Å². The average molecular weight is 287 g/mol. The predicted octanol–water partition coefficient (Wildman–Crippen LogP) is 3.70. The molecular weight excluding hydrogens is 275 g/mol. The second kappa shape index (κ2) is 4.94.